The molecule has 0 saturated heterocycles. The average Bonchev–Trinajstić information content (AvgIpc) is 2.54. The van der Waals surface area contributed by atoms with Crippen LogP contribution in [0.4, 0.5) is 4.79 Å². The predicted molar refractivity (Wildman–Crippen MR) is 82.8 cm³/mol. The van der Waals surface area contributed by atoms with Crippen molar-refractivity contribution in [3.8, 4) is 0 Å². The second-order valence-corrected chi connectivity index (χ2v) is 5.20. The van der Waals surface area contributed by atoms with E-state index in [2.05, 4.69) is 5.32 Å². The van der Waals surface area contributed by atoms with Gasteiger partial charge in [-0.15, -0.1) is 0 Å². The molecular formula is C17H19ClN2O4. The highest BCUT2D eigenvalue weighted by atomic mass is 35.5. The van der Waals surface area contributed by atoms with E-state index in [1.165, 1.54) is 12.1 Å². The van der Waals surface area contributed by atoms with E-state index in [-0.39, 0.29) is 30.7 Å². The van der Waals surface area contributed by atoms with Gasteiger partial charge < -0.3 is 27.6 Å². The molecule has 6 nitrogen and oxygen atoms in total. The molecule has 0 radical (unpaired) electrons. The maximum Gasteiger partial charge on any atom is 0.412 e. The number of halogens is 1. The number of carbonyl (C=O) groups is 2. The summed E-state index contributed by atoms with van der Waals surface area (Å²) >= 11 is 0. The number of pyridine rings is 1. The molecule has 2 rings (SSSR count). The summed E-state index contributed by atoms with van der Waals surface area (Å²) in [6.07, 6.45) is 3.30. The van der Waals surface area contributed by atoms with Gasteiger partial charge in [0.2, 0.25) is 0 Å². The van der Waals surface area contributed by atoms with Gasteiger partial charge in [0.1, 0.15) is 0 Å². The lowest BCUT2D eigenvalue weighted by Gasteiger charge is -2.13. The SMILES string of the molecule is C[C@@H](Cc1ccccc1)NC(=O)OC[n+]1ccc(C(=O)O)cc1.[Cl-]. The molecule has 1 aromatic carbocycles. The number of rotatable bonds is 6. The first kappa shape index (κ1) is 19.4. The number of carboxylic acid groups (broad SMARTS) is 1. The van der Waals surface area contributed by atoms with Crippen molar-refractivity contribution in [2.75, 3.05) is 0 Å². The summed E-state index contributed by atoms with van der Waals surface area (Å²) in [5, 5.41) is 11.6. The molecular weight excluding hydrogens is 332 g/mol. The number of amides is 1. The zero-order chi connectivity index (χ0) is 16.7. The average molecular weight is 351 g/mol. The molecule has 0 aliphatic rings. The van der Waals surface area contributed by atoms with E-state index in [9.17, 15) is 9.59 Å². The van der Waals surface area contributed by atoms with Crippen LogP contribution in [0.2, 0.25) is 0 Å². The van der Waals surface area contributed by atoms with Gasteiger partial charge in [-0.3, -0.25) is 0 Å². The molecule has 0 saturated carbocycles. The van der Waals surface area contributed by atoms with Crippen molar-refractivity contribution in [3.05, 3.63) is 66.0 Å². The predicted octanol–water partition coefficient (Wildman–Crippen LogP) is -1.01. The first-order valence-electron chi connectivity index (χ1n) is 7.24. The van der Waals surface area contributed by atoms with Crippen LogP contribution >= 0.6 is 0 Å². The minimum atomic E-state index is -0.995. The number of nitrogens with one attached hydrogen (secondary N) is 1. The van der Waals surface area contributed by atoms with Crippen molar-refractivity contribution in [3.63, 3.8) is 0 Å². The lowest BCUT2D eigenvalue weighted by molar-refractivity contribution is -0.727. The second kappa shape index (κ2) is 9.52. The van der Waals surface area contributed by atoms with Gasteiger partial charge in [-0.1, -0.05) is 30.3 Å². The zero-order valence-corrected chi connectivity index (χ0v) is 13.9. The highest BCUT2D eigenvalue weighted by molar-refractivity contribution is 5.87. The molecule has 1 amide bonds. The number of alkyl carbamates (subject to hydrolysis) is 1. The zero-order valence-electron chi connectivity index (χ0n) is 13.2. The third kappa shape index (κ3) is 6.26. The number of aromatic nitrogens is 1. The molecule has 1 heterocycles. The van der Waals surface area contributed by atoms with E-state index in [1.807, 2.05) is 37.3 Å². The Balaban J connectivity index is 0.00000288. The normalized spacial score (nSPS) is 11.0. The fourth-order valence-electron chi connectivity index (χ4n) is 2.08. The first-order valence-corrected chi connectivity index (χ1v) is 7.24. The quantitative estimate of drug-likeness (QED) is 0.654. The molecule has 2 N–H and O–H groups in total. The largest absolute Gasteiger partial charge is 1.00 e. The summed E-state index contributed by atoms with van der Waals surface area (Å²) in [6, 6.07) is 12.7. The number of benzene rings is 1. The Morgan fingerprint density at radius 2 is 1.79 bits per heavy atom. The topological polar surface area (TPSA) is 79.5 Å². The van der Waals surface area contributed by atoms with Crippen molar-refractivity contribution >= 4 is 12.1 Å². The van der Waals surface area contributed by atoms with E-state index >= 15 is 0 Å². The third-order valence-corrected chi connectivity index (χ3v) is 3.23. The van der Waals surface area contributed by atoms with Gasteiger partial charge in [0, 0.05) is 18.2 Å². The number of ether oxygens (including phenoxy) is 1. The van der Waals surface area contributed by atoms with Gasteiger partial charge in [0.25, 0.3) is 6.73 Å². The van der Waals surface area contributed by atoms with E-state index in [1.54, 1.807) is 17.0 Å². The van der Waals surface area contributed by atoms with Crippen LogP contribution < -0.4 is 22.3 Å². The number of nitrogens with zero attached hydrogens (tertiary/aromatic N) is 1. The monoisotopic (exact) mass is 350 g/mol. The Morgan fingerprint density at radius 1 is 1.17 bits per heavy atom. The highest BCUT2D eigenvalue weighted by Gasteiger charge is 2.11. The minimum absolute atomic E-state index is 0. The fourth-order valence-corrected chi connectivity index (χ4v) is 2.08. The van der Waals surface area contributed by atoms with Crippen LogP contribution in [-0.2, 0) is 17.9 Å². The van der Waals surface area contributed by atoms with E-state index in [0.717, 1.165) is 12.0 Å². The van der Waals surface area contributed by atoms with Gasteiger partial charge in [-0.05, 0) is 18.9 Å². The number of carbonyl (C=O) groups excluding carboxylic acids is 1. The summed E-state index contributed by atoms with van der Waals surface area (Å²) in [7, 11) is 0. The number of aromatic carboxylic acids is 1. The van der Waals surface area contributed by atoms with Gasteiger partial charge in [-0.25, -0.2) is 9.59 Å². The van der Waals surface area contributed by atoms with Crippen molar-refractivity contribution < 1.29 is 36.4 Å². The molecule has 0 bridgehead atoms. The third-order valence-electron chi connectivity index (χ3n) is 3.23. The standard InChI is InChI=1S/C17H18N2O4.ClH/c1-13(11-14-5-3-2-4-6-14)18-17(22)23-12-19-9-7-15(8-10-19)16(20)21;/h2-10,13H,11-12H2,1H3,(H-,18,20,21,22);1H/t13-;/m0./s1. The van der Waals surface area contributed by atoms with Crippen LogP contribution in [0.1, 0.15) is 22.8 Å². The Labute approximate surface area is 146 Å². The lowest BCUT2D eigenvalue weighted by atomic mass is 10.1. The van der Waals surface area contributed by atoms with Gasteiger partial charge >= 0.3 is 12.1 Å². The molecule has 128 valence electrons. The van der Waals surface area contributed by atoms with E-state index in [4.69, 9.17) is 9.84 Å². The number of hydrogen-bond donors (Lipinski definition) is 2. The molecule has 1 aromatic heterocycles. The summed E-state index contributed by atoms with van der Waals surface area (Å²) in [6.45, 7) is 1.92. The van der Waals surface area contributed by atoms with Crippen molar-refractivity contribution in [1.82, 2.24) is 5.32 Å². The van der Waals surface area contributed by atoms with Gasteiger partial charge in [0.15, 0.2) is 12.4 Å². The minimum Gasteiger partial charge on any atom is -1.00 e. The van der Waals surface area contributed by atoms with Crippen molar-refractivity contribution in [2.45, 2.75) is 26.1 Å². The van der Waals surface area contributed by atoms with Crippen LogP contribution in [0.3, 0.4) is 0 Å². The summed E-state index contributed by atoms with van der Waals surface area (Å²) in [5.41, 5.74) is 1.32. The Bertz CT molecular complexity index is 662. The molecule has 0 aliphatic carbocycles. The Kier molecular flexibility index (Phi) is 7.71. The van der Waals surface area contributed by atoms with Crippen LogP contribution in [0.25, 0.3) is 0 Å². The summed E-state index contributed by atoms with van der Waals surface area (Å²) in [4.78, 5) is 22.5. The number of hydrogen-bond acceptors (Lipinski definition) is 3. The summed E-state index contributed by atoms with van der Waals surface area (Å²) < 4.78 is 6.68. The Hall–Kier alpha value is -2.60. The number of carboxylic acids is 1. The molecule has 0 spiro atoms. The fraction of sp³-hybridized carbons (Fsp3) is 0.235. The smallest absolute Gasteiger partial charge is 0.412 e. The first-order chi connectivity index (χ1) is 11.0. The van der Waals surface area contributed by atoms with E-state index in [0.29, 0.717) is 0 Å². The Morgan fingerprint density at radius 3 is 2.38 bits per heavy atom. The second-order valence-electron chi connectivity index (χ2n) is 5.20. The molecule has 0 unspecified atom stereocenters. The summed E-state index contributed by atoms with van der Waals surface area (Å²) in [5.74, 6) is -0.995. The van der Waals surface area contributed by atoms with Gasteiger partial charge in [0.05, 0.1) is 5.56 Å². The maximum atomic E-state index is 11.8. The maximum absolute atomic E-state index is 11.8. The molecule has 7 heteroatoms. The van der Waals surface area contributed by atoms with Crippen LogP contribution in [0, 0.1) is 0 Å². The lowest BCUT2D eigenvalue weighted by Crippen LogP contribution is -3.00. The van der Waals surface area contributed by atoms with Crippen molar-refractivity contribution in [1.29, 1.82) is 0 Å². The molecule has 1 atom stereocenters. The van der Waals surface area contributed by atoms with Gasteiger partial charge in [-0.2, -0.15) is 4.57 Å². The van der Waals surface area contributed by atoms with Crippen molar-refractivity contribution in [2.24, 2.45) is 0 Å². The highest BCUT2D eigenvalue weighted by Crippen LogP contribution is 2.02. The molecule has 0 aliphatic heterocycles. The van der Waals surface area contributed by atoms with Crippen LogP contribution in [-0.4, -0.2) is 23.2 Å². The van der Waals surface area contributed by atoms with Crippen LogP contribution in [0.5, 0.6) is 0 Å². The van der Waals surface area contributed by atoms with E-state index < -0.39 is 12.1 Å². The molecule has 24 heavy (non-hydrogen) atoms. The van der Waals surface area contributed by atoms with Crippen LogP contribution in [0.15, 0.2) is 54.9 Å². The molecule has 0 fully saturated rings. The molecule has 2 aromatic rings.